The molecule has 0 atom stereocenters. The molecule has 50 valence electrons. The molecule has 0 bridgehead atoms. The Morgan fingerprint density at radius 3 is 2.44 bits per heavy atom. The van der Waals surface area contributed by atoms with Gasteiger partial charge in [-0.15, -0.1) is 0 Å². The van der Waals surface area contributed by atoms with Gasteiger partial charge in [0.05, 0.1) is 4.92 Å². The van der Waals surface area contributed by atoms with Crippen molar-refractivity contribution in [2.75, 3.05) is 0 Å². The Kier molecular flexibility index (Phi) is 1.82. The molecule has 0 aliphatic heterocycles. The van der Waals surface area contributed by atoms with Crippen LogP contribution in [0.1, 0.15) is 25.7 Å². The molecule has 0 aromatic carbocycles. The average molecular weight is 127 g/mol. The first kappa shape index (κ1) is 6.26. The molecule has 3 nitrogen and oxygen atoms in total. The van der Waals surface area contributed by atoms with Crippen molar-refractivity contribution in [3.63, 3.8) is 0 Å². The van der Waals surface area contributed by atoms with Crippen LogP contribution in [0.25, 0.3) is 0 Å². The Labute approximate surface area is 53.5 Å². The van der Waals surface area contributed by atoms with Crippen LogP contribution in [0.3, 0.4) is 0 Å². The monoisotopic (exact) mass is 127 g/mol. The van der Waals surface area contributed by atoms with E-state index < -0.39 is 0 Å². The maximum Gasteiger partial charge on any atom is 0.233 e. The van der Waals surface area contributed by atoms with Gasteiger partial charge in [0.25, 0.3) is 0 Å². The molecule has 0 amide bonds. The van der Waals surface area contributed by atoms with Gasteiger partial charge in [-0.1, -0.05) is 0 Å². The molecule has 3 heteroatoms. The molecule has 1 rings (SSSR count). The van der Waals surface area contributed by atoms with Crippen LogP contribution >= 0.6 is 0 Å². The van der Waals surface area contributed by atoms with Gasteiger partial charge in [0.2, 0.25) is 6.20 Å². The van der Waals surface area contributed by atoms with Crippen LogP contribution in [0.4, 0.5) is 0 Å². The predicted octanol–water partition coefficient (Wildman–Crippen LogP) is 1.72. The van der Waals surface area contributed by atoms with Crippen molar-refractivity contribution in [1.82, 2.24) is 0 Å². The first-order valence-electron chi connectivity index (χ1n) is 3.12. The van der Waals surface area contributed by atoms with Gasteiger partial charge in [0.1, 0.15) is 0 Å². The molecule has 0 saturated heterocycles. The van der Waals surface area contributed by atoms with Gasteiger partial charge >= 0.3 is 0 Å². The molecule has 0 N–H and O–H groups in total. The maximum atomic E-state index is 9.88. The third kappa shape index (κ3) is 1.83. The third-order valence-electron chi connectivity index (χ3n) is 1.53. The highest BCUT2D eigenvalue weighted by Gasteiger charge is 2.09. The minimum absolute atomic E-state index is 0.360. The Morgan fingerprint density at radius 2 is 2.00 bits per heavy atom. The summed E-state index contributed by atoms with van der Waals surface area (Å²) in [6, 6.07) is 0. The van der Waals surface area contributed by atoms with Crippen molar-refractivity contribution in [1.29, 1.82) is 0 Å². The van der Waals surface area contributed by atoms with Crippen molar-refractivity contribution < 1.29 is 4.92 Å². The molecule has 0 heterocycles. The lowest BCUT2D eigenvalue weighted by molar-refractivity contribution is -0.403. The highest BCUT2D eigenvalue weighted by atomic mass is 16.6. The van der Waals surface area contributed by atoms with Gasteiger partial charge in [0, 0.05) is 0 Å². The van der Waals surface area contributed by atoms with Crippen LogP contribution in [-0.4, -0.2) is 4.92 Å². The molecule has 9 heavy (non-hydrogen) atoms. The highest BCUT2D eigenvalue weighted by molar-refractivity contribution is 5.01. The molecule has 0 spiro atoms. The predicted molar refractivity (Wildman–Crippen MR) is 33.5 cm³/mol. The number of allylic oxidation sites excluding steroid dienone is 1. The van der Waals surface area contributed by atoms with Crippen molar-refractivity contribution in [3.05, 3.63) is 21.9 Å². The summed E-state index contributed by atoms with van der Waals surface area (Å²) >= 11 is 0. The molecule has 0 radical (unpaired) electrons. The summed E-state index contributed by atoms with van der Waals surface area (Å²) in [5, 5.41) is 9.88. The van der Waals surface area contributed by atoms with E-state index in [2.05, 4.69) is 0 Å². The fourth-order valence-electron chi connectivity index (χ4n) is 1.11. The topological polar surface area (TPSA) is 43.1 Å². The highest BCUT2D eigenvalue weighted by Crippen LogP contribution is 2.23. The van der Waals surface area contributed by atoms with Crippen LogP contribution < -0.4 is 0 Å². The number of nitrogens with zero attached hydrogens (tertiary/aromatic N) is 1. The largest absolute Gasteiger partial charge is 0.259 e. The quantitative estimate of drug-likeness (QED) is 0.397. The summed E-state index contributed by atoms with van der Waals surface area (Å²) in [7, 11) is 0. The first-order chi connectivity index (χ1) is 4.29. The zero-order valence-corrected chi connectivity index (χ0v) is 5.17. The lowest BCUT2D eigenvalue weighted by Crippen LogP contribution is -1.85. The zero-order chi connectivity index (χ0) is 6.69. The van der Waals surface area contributed by atoms with E-state index in [1.165, 1.54) is 0 Å². The van der Waals surface area contributed by atoms with Crippen LogP contribution in [0.2, 0.25) is 0 Å². The lowest BCUT2D eigenvalue weighted by Gasteiger charge is -1.85. The fourth-order valence-corrected chi connectivity index (χ4v) is 1.11. The van der Waals surface area contributed by atoms with Crippen molar-refractivity contribution >= 4 is 0 Å². The van der Waals surface area contributed by atoms with Gasteiger partial charge in [-0.25, -0.2) is 0 Å². The molecule has 1 fully saturated rings. The lowest BCUT2D eigenvalue weighted by atomic mass is 10.2. The van der Waals surface area contributed by atoms with Crippen LogP contribution in [-0.2, 0) is 0 Å². The van der Waals surface area contributed by atoms with Gasteiger partial charge in [-0.2, -0.15) is 0 Å². The number of rotatable bonds is 1. The van der Waals surface area contributed by atoms with Crippen molar-refractivity contribution in [3.8, 4) is 0 Å². The molecule has 0 aromatic rings. The molecule has 0 unspecified atom stereocenters. The Balaban J connectivity index is 2.49. The second-order valence-corrected chi connectivity index (χ2v) is 2.28. The van der Waals surface area contributed by atoms with E-state index in [-0.39, 0.29) is 4.92 Å². The minimum Gasteiger partial charge on any atom is -0.259 e. The molecule has 0 aromatic heterocycles. The SMILES string of the molecule is O=[N+]([O-])C=C1CCCC1. The minimum atomic E-state index is -0.360. The summed E-state index contributed by atoms with van der Waals surface area (Å²) in [4.78, 5) is 9.52. The Morgan fingerprint density at radius 1 is 1.44 bits per heavy atom. The molecular weight excluding hydrogens is 118 g/mol. The molecule has 1 aliphatic carbocycles. The summed E-state index contributed by atoms with van der Waals surface area (Å²) in [6.45, 7) is 0. The second kappa shape index (κ2) is 2.62. The molecule has 1 saturated carbocycles. The standard InChI is InChI=1S/C6H9NO2/c8-7(9)5-6-3-1-2-4-6/h5H,1-4H2. The smallest absolute Gasteiger partial charge is 0.233 e. The van der Waals surface area contributed by atoms with Gasteiger partial charge in [-0.3, -0.25) is 10.1 Å². The molecule has 1 aliphatic rings. The number of hydrogen-bond acceptors (Lipinski definition) is 2. The Bertz CT molecular complexity index is 143. The Hall–Kier alpha value is -0.860. The first-order valence-corrected chi connectivity index (χ1v) is 3.12. The zero-order valence-electron chi connectivity index (χ0n) is 5.17. The van der Waals surface area contributed by atoms with E-state index in [0.717, 1.165) is 37.5 Å². The van der Waals surface area contributed by atoms with E-state index in [9.17, 15) is 10.1 Å². The van der Waals surface area contributed by atoms with Gasteiger partial charge in [0.15, 0.2) is 0 Å². The van der Waals surface area contributed by atoms with E-state index in [0.29, 0.717) is 0 Å². The third-order valence-corrected chi connectivity index (χ3v) is 1.53. The molecular formula is C6H9NO2. The second-order valence-electron chi connectivity index (χ2n) is 2.28. The van der Waals surface area contributed by atoms with Crippen LogP contribution in [0, 0.1) is 10.1 Å². The normalized spacial score (nSPS) is 18.0. The van der Waals surface area contributed by atoms with Gasteiger partial charge < -0.3 is 0 Å². The fraction of sp³-hybridized carbons (Fsp3) is 0.667. The van der Waals surface area contributed by atoms with E-state index in [1.807, 2.05) is 0 Å². The summed E-state index contributed by atoms with van der Waals surface area (Å²) < 4.78 is 0. The number of hydrogen-bond donors (Lipinski definition) is 0. The van der Waals surface area contributed by atoms with Crippen molar-refractivity contribution in [2.45, 2.75) is 25.7 Å². The van der Waals surface area contributed by atoms with E-state index in [1.54, 1.807) is 0 Å². The van der Waals surface area contributed by atoms with Gasteiger partial charge in [-0.05, 0) is 31.3 Å². The van der Waals surface area contributed by atoms with Crippen LogP contribution in [0.15, 0.2) is 11.8 Å². The van der Waals surface area contributed by atoms with E-state index in [4.69, 9.17) is 0 Å². The number of nitro groups is 1. The summed E-state index contributed by atoms with van der Waals surface area (Å²) in [6.07, 6.45) is 5.26. The maximum absolute atomic E-state index is 9.88. The average Bonchev–Trinajstić information content (AvgIpc) is 2.15. The van der Waals surface area contributed by atoms with E-state index >= 15 is 0 Å². The summed E-state index contributed by atoms with van der Waals surface area (Å²) in [5.41, 5.74) is 1.00. The van der Waals surface area contributed by atoms with Crippen LogP contribution in [0.5, 0.6) is 0 Å². The van der Waals surface area contributed by atoms with Crippen molar-refractivity contribution in [2.24, 2.45) is 0 Å². The summed E-state index contributed by atoms with van der Waals surface area (Å²) in [5.74, 6) is 0.